The molecular formula is C15H14INO4S. The molecule has 1 N–H and O–H groups in total. The minimum Gasteiger partial charge on any atom is -0.478 e. The molecule has 0 bridgehead atoms. The molecule has 0 aliphatic carbocycles. The summed E-state index contributed by atoms with van der Waals surface area (Å²) in [5, 5.41) is 8.89. The summed E-state index contributed by atoms with van der Waals surface area (Å²) >= 11 is 2.09. The van der Waals surface area contributed by atoms with Crippen LogP contribution >= 0.6 is 22.6 Å². The zero-order chi connectivity index (χ0) is 16.3. The van der Waals surface area contributed by atoms with Gasteiger partial charge in [-0.2, -0.15) is 0 Å². The molecule has 0 aliphatic heterocycles. The number of carboxylic acids is 1. The first-order valence-electron chi connectivity index (χ1n) is 6.33. The zero-order valence-electron chi connectivity index (χ0n) is 11.7. The van der Waals surface area contributed by atoms with Crippen LogP contribution in [-0.4, -0.2) is 25.7 Å². The number of aromatic carboxylic acids is 1. The van der Waals surface area contributed by atoms with Crippen molar-refractivity contribution in [3.8, 4) is 0 Å². The first-order chi connectivity index (χ1) is 10.3. The Labute approximate surface area is 142 Å². The van der Waals surface area contributed by atoms with Crippen molar-refractivity contribution in [3.63, 3.8) is 0 Å². The highest BCUT2D eigenvalue weighted by atomic mass is 127. The molecule has 0 aromatic heterocycles. The van der Waals surface area contributed by atoms with Crippen molar-refractivity contribution in [3.05, 3.63) is 63.2 Å². The van der Waals surface area contributed by atoms with Crippen molar-refractivity contribution in [1.29, 1.82) is 0 Å². The molecule has 0 heterocycles. The van der Waals surface area contributed by atoms with Crippen LogP contribution in [0.15, 0.2) is 48.5 Å². The Kier molecular flexibility index (Phi) is 5.07. The maximum atomic E-state index is 12.1. The number of nitrogens with zero attached hydrogens (tertiary/aromatic N) is 1. The molecule has 0 radical (unpaired) electrons. The average Bonchev–Trinajstić information content (AvgIpc) is 2.45. The normalized spacial score (nSPS) is 11.2. The van der Waals surface area contributed by atoms with Crippen molar-refractivity contribution >= 4 is 44.3 Å². The Balaban J connectivity index is 2.36. The maximum Gasteiger partial charge on any atom is 0.335 e. The van der Waals surface area contributed by atoms with Crippen LogP contribution in [0.3, 0.4) is 0 Å². The third kappa shape index (κ3) is 3.98. The molecule has 5 nitrogen and oxygen atoms in total. The Morgan fingerprint density at radius 1 is 1.14 bits per heavy atom. The fraction of sp³-hybridized carbons (Fsp3) is 0.133. The second-order valence-electron chi connectivity index (χ2n) is 4.72. The first kappa shape index (κ1) is 16.8. The highest BCUT2D eigenvalue weighted by Crippen LogP contribution is 2.26. The van der Waals surface area contributed by atoms with E-state index in [-0.39, 0.29) is 12.1 Å². The lowest BCUT2D eigenvalue weighted by atomic mass is 10.1. The van der Waals surface area contributed by atoms with Gasteiger partial charge in [0.2, 0.25) is 10.0 Å². The third-order valence-corrected chi connectivity index (χ3v) is 5.09. The number of para-hydroxylation sites is 1. The van der Waals surface area contributed by atoms with E-state index in [0.29, 0.717) is 5.69 Å². The molecule has 0 fully saturated rings. The molecule has 116 valence electrons. The lowest BCUT2D eigenvalue weighted by Crippen LogP contribution is -2.30. The maximum absolute atomic E-state index is 12.1. The summed E-state index contributed by atoms with van der Waals surface area (Å²) in [6, 6.07) is 13.4. The number of anilines is 1. The summed E-state index contributed by atoms with van der Waals surface area (Å²) in [7, 11) is -3.45. The molecule has 0 atom stereocenters. The second-order valence-corrected chi connectivity index (χ2v) is 7.79. The Morgan fingerprint density at radius 3 is 2.23 bits per heavy atom. The van der Waals surface area contributed by atoms with Gasteiger partial charge in [0.1, 0.15) is 0 Å². The smallest absolute Gasteiger partial charge is 0.335 e. The van der Waals surface area contributed by atoms with Gasteiger partial charge in [-0.05, 0) is 52.4 Å². The molecule has 0 spiro atoms. The van der Waals surface area contributed by atoms with Gasteiger partial charge in [-0.1, -0.05) is 24.3 Å². The molecule has 0 saturated heterocycles. The van der Waals surface area contributed by atoms with Crippen LogP contribution in [0.25, 0.3) is 0 Å². The standard InChI is InChI=1S/C15H14INO4S/c1-22(20,21)17(14-5-3-2-4-13(14)16)10-11-6-8-12(9-7-11)15(18)19/h2-9H,10H2,1H3,(H,18,19). The topological polar surface area (TPSA) is 74.7 Å². The largest absolute Gasteiger partial charge is 0.478 e. The zero-order valence-corrected chi connectivity index (χ0v) is 14.7. The summed E-state index contributed by atoms with van der Waals surface area (Å²) in [6.45, 7) is 0.152. The molecule has 7 heteroatoms. The predicted octanol–water partition coefficient (Wildman–Crippen LogP) is 2.96. The molecule has 22 heavy (non-hydrogen) atoms. The second kappa shape index (κ2) is 6.66. The Morgan fingerprint density at radius 2 is 1.73 bits per heavy atom. The quantitative estimate of drug-likeness (QED) is 0.739. The molecule has 2 aromatic carbocycles. The van der Waals surface area contributed by atoms with Gasteiger partial charge < -0.3 is 5.11 Å². The predicted molar refractivity (Wildman–Crippen MR) is 93.6 cm³/mol. The molecule has 0 unspecified atom stereocenters. The van der Waals surface area contributed by atoms with E-state index < -0.39 is 16.0 Å². The number of rotatable bonds is 5. The molecular weight excluding hydrogens is 417 g/mol. The number of halogens is 1. The van der Waals surface area contributed by atoms with Gasteiger partial charge in [0.05, 0.1) is 24.1 Å². The van der Waals surface area contributed by atoms with Gasteiger partial charge in [0.25, 0.3) is 0 Å². The number of carbonyl (C=O) groups is 1. The van der Waals surface area contributed by atoms with Crippen molar-refractivity contribution in [2.45, 2.75) is 6.54 Å². The summed E-state index contributed by atoms with van der Waals surface area (Å²) in [5.41, 5.74) is 1.49. The highest BCUT2D eigenvalue weighted by molar-refractivity contribution is 14.1. The third-order valence-electron chi connectivity index (χ3n) is 3.05. The summed E-state index contributed by atoms with van der Waals surface area (Å²) < 4.78 is 26.3. The molecule has 2 rings (SSSR count). The molecule has 0 amide bonds. The van der Waals surface area contributed by atoms with Gasteiger partial charge in [0, 0.05) is 3.57 Å². The van der Waals surface area contributed by atoms with Gasteiger partial charge in [0.15, 0.2) is 0 Å². The van der Waals surface area contributed by atoms with E-state index in [0.717, 1.165) is 15.4 Å². The van der Waals surface area contributed by atoms with Crippen LogP contribution in [0.1, 0.15) is 15.9 Å². The van der Waals surface area contributed by atoms with E-state index in [1.807, 2.05) is 12.1 Å². The lowest BCUT2D eigenvalue weighted by Gasteiger charge is -2.23. The fourth-order valence-electron chi connectivity index (χ4n) is 1.95. The van der Waals surface area contributed by atoms with Crippen LogP contribution in [-0.2, 0) is 16.6 Å². The molecule has 0 aliphatic rings. The van der Waals surface area contributed by atoms with E-state index >= 15 is 0 Å². The van der Waals surface area contributed by atoms with Crippen molar-refractivity contribution in [1.82, 2.24) is 0 Å². The lowest BCUT2D eigenvalue weighted by molar-refractivity contribution is 0.0697. The SMILES string of the molecule is CS(=O)(=O)N(Cc1ccc(C(=O)O)cc1)c1ccccc1I. The average molecular weight is 431 g/mol. The minimum absolute atomic E-state index is 0.152. The summed E-state index contributed by atoms with van der Waals surface area (Å²) in [4.78, 5) is 10.9. The van der Waals surface area contributed by atoms with Crippen LogP contribution in [0.2, 0.25) is 0 Å². The first-order valence-corrected chi connectivity index (χ1v) is 9.26. The number of carboxylic acid groups (broad SMARTS) is 1. The van der Waals surface area contributed by atoms with Gasteiger partial charge in [-0.15, -0.1) is 0 Å². The van der Waals surface area contributed by atoms with E-state index in [1.54, 1.807) is 24.3 Å². The monoisotopic (exact) mass is 431 g/mol. The van der Waals surface area contributed by atoms with Gasteiger partial charge in [-0.25, -0.2) is 13.2 Å². The van der Waals surface area contributed by atoms with Crippen LogP contribution in [0.4, 0.5) is 5.69 Å². The fourth-order valence-corrected chi connectivity index (χ4v) is 3.70. The number of hydrogen-bond donors (Lipinski definition) is 1. The van der Waals surface area contributed by atoms with E-state index in [1.165, 1.54) is 16.4 Å². The van der Waals surface area contributed by atoms with Crippen molar-refractivity contribution < 1.29 is 18.3 Å². The Bertz CT molecular complexity index is 787. The highest BCUT2D eigenvalue weighted by Gasteiger charge is 2.20. The number of benzene rings is 2. The van der Waals surface area contributed by atoms with Crippen LogP contribution in [0.5, 0.6) is 0 Å². The minimum atomic E-state index is -3.45. The molecule has 2 aromatic rings. The number of hydrogen-bond acceptors (Lipinski definition) is 3. The Hall–Kier alpha value is -1.61. The van der Waals surface area contributed by atoms with Gasteiger partial charge in [-0.3, -0.25) is 4.31 Å². The van der Waals surface area contributed by atoms with Crippen LogP contribution < -0.4 is 4.31 Å². The molecule has 0 saturated carbocycles. The number of sulfonamides is 1. The van der Waals surface area contributed by atoms with Crippen molar-refractivity contribution in [2.75, 3.05) is 10.6 Å². The van der Waals surface area contributed by atoms with E-state index in [2.05, 4.69) is 22.6 Å². The summed E-state index contributed by atoms with van der Waals surface area (Å²) in [5.74, 6) is -1.01. The van der Waals surface area contributed by atoms with E-state index in [4.69, 9.17) is 5.11 Å². The van der Waals surface area contributed by atoms with E-state index in [9.17, 15) is 13.2 Å². The van der Waals surface area contributed by atoms with Crippen LogP contribution in [0, 0.1) is 3.57 Å². The van der Waals surface area contributed by atoms with Gasteiger partial charge >= 0.3 is 5.97 Å². The summed E-state index contributed by atoms with van der Waals surface area (Å²) in [6.07, 6.45) is 1.15. The van der Waals surface area contributed by atoms with Crippen molar-refractivity contribution in [2.24, 2.45) is 0 Å².